The Bertz CT molecular complexity index is 183. The van der Waals surface area contributed by atoms with Crippen LogP contribution in [0.1, 0.15) is 78.1 Å². The molecule has 0 aromatic rings. The van der Waals surface area contributed by atoms with Crippen molar-refractivity contribution < 1.29 is 14.9 Å². The number of aliphatic hydroxyl groups excluding tert-OH is 2. The van der Waals surface area contributed by atoms with Crippen LogP contribution >= 0.6 is 0 Å². The van der Waals surface area contributed by atoms with Gasteiger partial charge in [0.2, 0.25) is 0 Å². The average molecular weight is 288 g/mol. The third-order valence-electron chi connectivity index (χ3n) is 3.71. The Morgan fingerprint density at radius 1 is 0.750 bits per heavy atom. The molecule has 0 radical (unpaired) electrons. The van der Waals surface area contributed by atoms with Crippen molar-refractivity contribution in [1.82, 2.24) is 0 Å². The fourth-order valence-electron chi connectivity index (χ4n) is 2.43. The third-order valence-corrected chi connectivity index (χ3v) is 3.71. The van der Waals surface area contributed by atoms with Gasteiger partial charge in [-0.2, -0.15) is 0 Å². The van der Waals surface area contributed by atoms with Gasteiger partial charge in [0.1, 0.15) is 0 Å². The maximum Gasteiger partial charge on any atom is 0.0806 e. The van der Waals surface area contributed by atoms with Crippen LogP contribution in [0.25, 0.3) is 0 Å². The Balaban J connectivity index is 3.19. The first-order valence-electron chi connectivity index (χ1n) is 8.54. The van der Waals surface area contributed by atoms with E-state index in [4.69, 9.17) is 14.9 Å². The van der Waals surface area contributed by atoms with Gasteiger partial charge in [0.25, 0.3) is 0 Å². The Kier molecular flexibility index (Phi) is 15.2. The van der Waals surface area contributed by atoms with E-state index in [9.17, 15) is 0 Å². The van der Waals surface area contributed by atoms with Crippen LogP contribution in [0.2, 0.25) is 0 Å². The first-order valence-corrected chi connectivity index (χ1v) is 8.54. The number of ether oxygens (including phenoxy) is 1. The van der Waals surface area contributed by atoms with Gasteiger partial charge in [0, 0.05) is 0 Å². The van der Waals surface area contributed by atoms with Crippen LogP contribution in [0.15, 0.2) is 0 Å². The molecule has 0 aliphatic rings. The molecule has 0 bridgehead atoms. The van der Waals surface area contributed by atoms with Gasteiger partial charge in [0.05, 0.1) is 25.9 Å². The summed E-state index contributed by atoms with van der Waals surface area (Å²) in [4.78, 5) is 0. The predicted octanol–water partition coefficient (Wildman–Crippen LogP) is 3.91. The van der Waals surface area contributed by atoms with Gasteiger partial charge in [-0.05, 0) is 12.3 Å². The van der Waals surface area contributed by atoms with Gasteiger partial charge < -0.3 is 14.9 Å². The second kappa shape index (κ2) is 15.3. The summed E-state index contributed by atoms with van der Waals surface area (Å²) in [6.45, 7) is 5.03. The minimum Gasteiger partial charge on any atom is -0.394 e. The summed E-state index contributed by atoms with van der Waals surface area (Å²) >= 11 is 0. The van der Waals surface area contributed by atoms with Crippen LogP contribution in [-0.4, -0.2) is 36.1 Å². The predicted molar refractivity (Wildman–Crippen MR) is 84.9 cm³/mol. The van der Waals surface area contributed by atoms with E-state index in [2.05, 4.69) is 13.8 Å². The highest BCUT2D eigenvalue weighted by molar-refractivity contribution is 4.57. The van der Waals surface area contributed by atoms with E-state index < -0.39 is 0 Å². The Morgan fingerprint density at radius 3 is 1.70 bits per heavy atom. The summed E-state index contributed by atoms with van der Waals surface area (Å²) in [5, 5.41) is 17.8. The minimum atomic E-state index is -0.0850. The highest BCUT2D eigenvalue weighted by Gasteiger charge is 2.06. The van der Waals surface area contributed by atoms with Crippen LogP contribution in [0.5, 0.6) is 0 Å². The van der Waals surface area contributed by atoms with E-state index in [0.29, 0.717) is 6.61 Å². The number of unbranched alkanes of at least 4 members (excludes halogenated alkanes) is 7. The quantitative estimate of drug-likeness (QED) is 0.449. The van der Waals surface area contributed by atoms with Crippen LogP contribution in [0.3, 0.4) is 0 Å². The molecule has 0 amide bonds. The van der Waals surface area contributed by atoms with Crippen molar-refractivity contribution in [3.63, 3.8) is 0 Å². The summed E-state index contributed by atoms with van der Waals surface area (Å²) < 4.78 is 5.33. The van der Waals surface area contributed by atoms with Gasteiger partial charge in [-0.25, -0.2) is 0 Å². The fraction of sp³-hybridized carbons (Fsp3) is 1.00. The first kappa shape index (κ1) is 19.9. The summed E-state index contributed by atoms with van der Waals surface area (Å²) in [6, 6.07) is 0. The third kappa shape index (κ3) is 14.3. The molecule has 1 unspecified atom stereocenters. The SMILES string of the molecule is CC(C)CCCCCCCCCCC(CO)OCCO. The lowest BCUT2D eigenvalue weighted by Crippen LogP contribution is -2.19. The molecule has 2 N–H and O–H groups in total. The fourth-order valence-corrected chi connectivity index (χ4v) is 2.43. The Labute approximate surface area is 125 Å². The Hall–Kier alpha value is -0.120. The van der Waals surface area contributed by atoms with Crippen molar-refractivity contribution in [2.24, 2.45) is 5.92 Å². The van der Waals surface area contributed by atoms with Crippen molar-refractivity contribution >= 4 is 0 Å². The van der Waals surface area contributed by atoms with Gasteiger partial charge >= 0.3 is 0 Å². The molecule has 3 heteroatoms. The van der Waals surface area contributed by atoms with Crippen LogP contribution in [0.4, 0.5) is 0 Å². The lowest BCUT2D eigenvalue weighted by Gasteiger charge is -2.14. The molecule has 0 rings (SSSR count). The molecule has 0 saturated carbocycles. The van der Waals surface area contributed by atoms with Crippen molar-refractivity contribution in [3.8, 4) is 0 Å². The number of aliphatic hydroxyl groups is 2. The van der Waals surface area contributed by atoms with Crippen LogP contribution in [-0.2, 0) is 4.74 Å². The van der Waals surface area contributed by atoms with Gasteiger partial charge in [0.15, 0.2) is 0 Å². The van der Waals surface area contributed by atoms with Crippen molar-refractivity contribution in [1.29, 1.82) is 0 Å². The minimum absolute atomic E-state index is 0.0350. The maximum absolute atomic E-state index is 9.11. The zero-order valence-electron chi connectivity index (χ0n) is 13.6. The van der Waals surface area contributed by atoms with E-state index in [1.54, 1.807) is 0 Å². The molecule has 20 heavy (non-hydrogen) atoms. The van der Waals surface area contributed by atoms with Crippen molar-refractivity contribution in [3.05, 3.63) is 0 Å². The second-order valence-electron chi connectivity index (χ2n) is 6.20. The van der Waals surface area contributed by atoms with Crippen molar-refractivity contribution in [2.45, 2.75) is 84.2 Å². The van der Waals surface area contributed by atoms with Gasteiger partial charge in [-0.1, -0.05) is 71.6 Å². The molecule has 0 saturated heterocycles. The van der Waals surface area contributed by atoms with E-state index in [0.717, 1.165) is 18.8 Å². The summed E-state index contributed by atoms with van der Waals surface area (Å²) in [5.41, 5.74) is 0. The molecule has 0 aliphatic carbocycles. The zero-order chi connectivity index (χ0) is 15.1. The molecule has 0 aromatic heterocycles. The molecule has 1 atom stereocenters. The topological polar surface area (TPSA) is 49.7 Å². The molecule has 0 fully saturated rings. The smallest absolute Gasteiger partial charge is 0.0806 e. The van der Waals surface area contributed by atoms with E-state index in [-0.39, 0.29) is 19.3 Å². The molecule has 122 valence electrons. The highest BCUT2D eigenvalue weighted by atomic mass is 16.5. The van der Waals surface area contributed by atoms with Crippen molar-refractivity contribution in [2.75, 3.05) is 19.8 Å². The average Bonchev–Trinajstić information content (AvgIpc) is 2.43. The molecular formula is C17H36O3. The van der Waals surface area contributed by atoms with E-state index >= 15 is 0 Å². The van der Waals surface area contributed by atoms with Gasteiger partial charge in [-0.3, -0.25) is 0 Å². The summed E-state index contributed by atoms with van der Waals surface area (Å²) in [6.07, 6.45) is 12.7. The molecule has 0 spiro atoms. The molecule has 0 aliphatic heterocycles. The number of hydrogen-bond donors (Lipinski definition) is 2. The van der Waals surface area contributed by atoms with Gasteiger partial charge in [-0.15, -0.1) is 0 Å². The molecule has 0 aromatic carbocycles. The molecular weight excluding hydrogens is 252 g/mol. The maximum atomic E-state index is 9.11. The zero-order valence-corrected chi connectivity index (χ0v) is 13.6. The number of hydrogen-bond acceptors (Lipinski definition) is 3. The lowest BCUT2D eigenvalue weighted by atomic mass is 10.0. The van der Waals surface area contributed by atoms with Crippen LogP contribution < -0.4 is 0 Å². The Morgan fingerprint density at radius 2 is 1.25 bits per heavy atom. The summed E-state index contributed by atoms with van der Waals surface area (Å²) in [7, 11) is 0. The normalized spacial score (nSPS) is 13.1. The molecule has 0 heterocycles. The van der Waals surface area contributed by atoms with E-state index in [1.165, 1.54) is 51.4 Å². The number of rotatable bonds is 15. The monoisotopic (exact) mass is 288 g/mol. The first-order chi connectivity index (χ1) is 9.70. The van der Waals surface area contributed by atoms with Crippen LogP contribution in [0, 0.1) is 5.92 Å². The second-order valence-corrected chi connectivity index (χ2v) is 6.20. The standard InChI is InChI=1S/C17H36O3/c1-16(2)11-9-7-5-3-4-6-8-10-12-17(15-19)20-14-13-18/h16-19H,3-15H2,1-2H3. The summed E-state index contributed by atoms with van der Waals surface area (Å²) in [5.74, 6) is 0.850. The molecule has 3 nitrogen and oxygen atoms in total. The highest BCUT2D eigenvalue weighted by Crippen LogP contribution is 2.13. The van der Waals surface area contributed by atoms with E-state index in [1.807, 2.05) is 0 Å². The largest absolute Gasteiger partial charge is 0.394 e. The lowest BCUT2D eigenvalue weighted by molar-refractivity contribution is -0.00870.